The fraction of sp³-hybridized carbons (Fsp3) is 0.217. The van der Waals surface area contributed by atoms with E-state index in [1.165, 1.54) is 5.56 Å². The van der Waals surface area contributed by atoms with Crippen molar-refractivity contribution in [3.05, 3.63) is 84.4 Å². The van der Waals surface area contributed by atoms with Gasteiger partial charge in [-0.15, -0.1) is 0 Å². The maximum Gasteiger partial charge on any atom is 0.243 e. The summed E-state index contributed by atoms with van der Waals surface area (Å²) in [6, 6.07) is 23.4. The van der Waals surface area contributed by atoms with E-state index < -0.39 is 10.0 Å². The Labute approximate surface area is 166 Å². The fourth-order valence-electron chi connectivity index (χ4n) is 3.53. The van der Waals surface area contributed by atoms with Gasteiger partial charge < -0.3 is 0 Å². The molecule has 1 aliphatic rings. The number of hydrogen-bond donors (Lipinski definition) is 0. The second kappa shape index (κ2) is 8.27. The van der Waals surface area contributed by atoms with E-state index in [9.17, 15) is 8.42 Å². The molecule has 4 nitrogen and oxygen atoms in total. The number of piperazine rings is 1. The Morgan fingerprint density at radius 1 is 0.786 bits per heavy atom. The van der Waals surface area contributed by atoms with E-state index in [0.29, 0.717) is 18.0 Å². The molecule has 0 saturated carbocycles. The molecule has 0 unspecified atom stereocenters. The molecule has 144 valence electrons. The minimum atomic E-state index is -3.45. The molecule has 1 aliphatic heterocycles. The van der Waals surface area contributed by atoms with Crippen LogP contribution in [0, 0.1) is 0 Å². The Balaban J connectivity index is 1.38. The Morgan fingerprint density at radius 3 is 2.21 bits per heavy atom. The Morgan fingerprint density at radius 2 is 1.46 bits per heavy atom. The second-order valence-corrected chi connectivity index (χ2v) is 8.96. The number of benzene rings is 3. The number of fused-ring (bicyclic) bond motifs is 1. The van der Waals surface area contributed by atoms with E-state index in [1.807, 2.05) is 48.5 Å². The van der Waals surface area contributed by atoms with Crippen LogP contribution in [0.25, 0.3) is 16.8 Å². The molecule has 28 heavy (non-hydrogen) atoms. The maximum absolute atomic E-state index is 13.0. The Bertz CT molecular complexity index is 1070. The van der Waals surface area contributed by atoms with Crippen molar-refractivity contribution in [2.75, 3.05) is 32.7 Å². The third kappa shape index (κ3) is 4.17. The highest BCUT2D eigenvalue weighted by Gasteiger charge is 2.28. The van der Waals surface area contributed by atoms with Gasteiger partial charge in [0, 0.05) is 32.7 Å². The van der Waals surface area contributed by atoms with Gasteiger partial charge in [0.05, 0.1) is 4.90 Å². The zero-order valence-electron chi connectivity index (χ0n) is 15.7. The summed E-state index contributed by atoms with van der Waals surface area (Å²) in [6.07, 6.45) is 4.25. The summed E-state index contributed by atoms with van der Waals surface area (Å²) in [6.45, 7) is 3.36. The van der Waals surface area contributed by atoms with Crippen molar-refractivity contribution in [3.8, 4) is 0 Å². The maximum atomic E-state index is 13.0. The first-order valence-electron chi connectivity index (χ1n) is 9.56. The summed E-state index contributed by atoms with van der Waals surface area (Å²) >= 11 is 0. The molecule has 1 saturated heterocycles. The predicted molar refractivity (Wildman–Crippen MR) is 115 cm³/mol. The van der Waals surface area contributed by atoms with Gasteiger partial charge in [-0.3, -0.25) is 4.90 Å². The van der Waals surface area contributed by atoms with Crippen molar-refractivity contribution in [1.29, 1.82) is 0 Å². The zero-order chi connectivity index (χ0) is 19.4. The molecule has 1 fully saturated rings. The summed E-state index contributed by atoms with van der Waals surface area (Å²) < 4.78 is 27.7. The van der Waals surface area contributed by atoms with E-state index >= 15 is 0 Å². The lowest BCUT2D eigenvalue weighted by Gasteiger charge is -2.33. The van der Waals surface area contributed by atoms with Gasteiger partial charge in [-0.1, -0.05) is 72.8 Å². The quantitative estimate of drug-likeness (QED) is 0.662. The molecule has 0 bridgehead atoms. The average molecular weight is 393 g/mol. The molecule has 4 rings (SSSR count). The van der Waals surface area contributed by atoms with Crippen molar-refractivity contribution in [2.45, 2.75) is 4.90 Å². The molecule has 0 amide bonds. The lowest BCUT2D eigenvalue weighted by atomic mass is 10.1. The van der Waals surface area contributed by atoms with Crippen molar-refractivity contribution in [3.63, 3.8) is 0 Å². The van der Waals surface area contributed by atoms with Crippen LogP contribution in [0.4, 0.5) is 0 Å². The summed E-state index contributed by atoms with van der Waals surface area (Å²) in [5, 5.41) is 2.00. The lowest BCUT2D eigenvalue weighted by Crippen LogP contribution is -2.48. The molecule has 0 atom stereocenters. The highest BCUT2D eigenvalue weighted by molar-refractivity contribution is 7.89. The normalized spacial score (nSPS) is 16.7. The largest absolute Gasteiger partial charge is 0.297 e. The van der Waals surface area contributed by atoms with Crippen LogP contribution in [0.1, 0.15) is 5.56 Å². The number of nitrogens with zero attached hydrogens (tertiary/aromatic N) is 2. The van der Waals surface area contributed by atoms with Crippen molar-refractivity contribution in [2.24, 2.45) is 0 Å². The van der Waals surface area contributed by atoms with Crippen LogP contribution in [-0.4, -0.2) is 50.3 Å². The monoisotopic (exact) mass is 392 g/mol. The topological polar surface area (TPSA) is 40.6 Å². The van der Waals surface area contributed by atoms with E-state index in [0.717, 1.165) is 30.4 Å². The number of rotatable bonds is 5. The minimum Gasteiger partial charge on any atom is -0.297 e. The van der Waals surface area contributed by atoms with Gasteiger partial charge in [-0.05, 0) is 28.5 Å². The molecule has 3 aromatic carbocycles. The van der Waals surface area contributed by atoms with Crippen LogP contribution >= 0.6 is 0 Å². The van der Waals surface area contributed by atoms with Crippen LogP contribution in [-0.2, 0) is 10.0 Å². The fourth-order valence-corrected chi connectivity index (χ4v) is 4.99. The molecule has 3 aromatic rings. The molecule has 0 aliphatic carbocycles. The van der Waals surface area contributed by atoms with Crippen molar-refractivity contribution < 1.29 is 8.42 Å². The van der Waals surface area contributed by atoms with Crippen molar-refractivity contribution in [1.82, 2.24) is 9.21 Å². The predicted octanol–water partition coefficient (Wildman–Crippen LogP) is 3.86. The van der Waals surface area contributed by atoms with E-state index in [4.69, 9.17) is 0 Å². The van der Waals surface area contributed by atoms with Crippen LogP contribution in [0.2, 0.25) is 0 Å². The number of hydrogen-bond acceptors (Lipinski definition) is 3. The van der Waals surface area contributed by atoms with Crippen LogP contribution in [0.15, 0.2) is 83.8 Å². The van der Waals surface area contributed by atoms with E-state index in [-0.39, 0.29) is 0 Å². The van der Waals surface area contributed by atoms with Gasteiger partial charge >= 0.3 is 0 Å². The Kier molecular flexibility index (Phi) is 5.57. The minimum absolute atomic E-state index is 0.378. The molecule has 5 heteroatoms. The molecule has 0 aromatic heterocycles. The molecule has 0 N–H and O–H groups in total. The summed E-state index contributed by atoms with van der Waals surface area (Å²) in [4.78, 5) is 2.66. The first-order valence-corrected chi connectivity index (χ1v) is 11.0. The van der Waals surface area contributed by atoms with E-state index in [2.05, 4.69) is 29.2 Å². The first-order chi connectivity index (χ1) is 13.6. The highest BCUT2D eigenvalue weighted by atomic mass is 32.2. The Hall–Kier alpha value is -2.47. The van der Waals surface area contributed by atoms with Gasteiger partial charge in [-0.2, -0.15) is 4.31 Å². The van der Waals surface area contributed by atoms with Gasteiger partial charge in [-0.25, -0.2) is 8.42 Å². The van der Waals surface area contributed by atoms with Gasteiger partial charge in [0.15, 0.2) is 0 Å². The van der Waals surface area contributed by atoms with Crippen LogP contribution in [0.3, 0.4) is 0 Å². The number of sulfonamides is 1. The summed E-state index contributed by atoms with van der Waals surface area (Å²) in [5.74, 6) is 0. The SMILES string of the molecule is O=S(=O)(c1ccc2ccccc2c1)N1CCN(CC=Cc2ccccc2)CC1. The third-order valence-corrected chi connectivity index (χ3v) is 7.06. The highest BCUT2D eigenvalue weighted by Crippen LogP contribution is 2.22. The third-order valence-electron chi connectivity index (χ3n) is 5.16. The van der Waals surface area contributed by atoms with Crippen LogP contribution in [0.5, 0.6) is 0 Å². The van der Waals surface area contributed by atoms with Gasteiger partial charge in [0.25, 0.3) is 0 Å². The standard InChI is InChI=1S/C23H24N2O2S/c26-28(27,23-13-12-21-10-4-5-11-22(21)19-23)25-17-15-24(16-18-25)14-6-9-20-7-2-1-3-8-20/h1-13,19H,14-18H2. The molecule has 0 radical (unpaired) electrons. The van der Waals surface area contributed by atoms with E-state index in [1.54, 1.807) is 16.4 Å². The summed E-state index contributed by atoms with van der Waals surface area (Å²) in [5.41, 5.74) is 1.18. The smallest absolute Gasteiger partial charge is 0.243 e. The summed E-state index contributed by atoms with van der Waals surface area (Å²) in [7, 11) is -3.45. The molecule has 0 spiro atoms. The molecular formula is C23H24N2O2S. The second-order valence-electron chi connectivity index (χ2n) is 7.03. The van der Waals surface area contributed by atoms with Crippen molar-refractivity contribution >= 4 is 26.9 Å². The zero-order valence-corrected chi connectivity index (χ0v) is 16.6. The molecular weight excluding hydrogens is 368 g/mol. The van der Waals surface area contributed by atoms with Gasteiger partial charge in [0.1, 0.15) is 0 Å². The lowest BCUT2D eigenvalue weighted by molar-refractivity contribution is 0.204. The molecule has 1 heterocycles. The first kappa shape index (κ1) is 18.9. The van der Waals surface area contributed by atoms with Gasteiger partial charge in [0.2, 0.25) is 10.0 Å². The average Bonchev–Trinajstić information content (AvgIpc) is 2.74. The van der Waals surface area contributed by atoms with Crippen LogP contribution < -0.4 is 0 Å².